The van der Waals surface area contributed by atoms with Gasteiger partial charge in [0.1, 0.15) is 0 Å². The molecule has 5 nitrogen and oxygen atoms in total. The van der Waals surface area contributed by atoms with Crippen molar-refractivity contribution in [2.75, 3.05) is 65.6 Å². The highest BCUT2D eigenvalue weighted by Crippen LogP contribution is 2.30. The van der Waals surface area contributed by atoms with Gasteiger partial charge in [-0.3, -0.25) is 9.80 Å². The molecule has 0 bridgehead atoms. The summed E-state index contributed by atoms with van der Waals surface area (Å²) in [5.41, 5.74) is 2.59. The summed E-state index contributed by atoms with van der Waals surface area (Å²) in [5.74, 6) is 0. The van der Waals surface area contributed by atoms with Crippen LogP contribution in [0.4, 0.5) is 0 Å². The average Bonchev–Trinajstić information content (AvgIpc) is 2.86. The Labute approximate surface area is 198 Å². The number of aliphatic hydroxyl groups is 1. The molecule has 2 N–H and O–H groups in total. The number of halogens is 1. The highest BCUT2D eigenvalue weighted by atomic mass is 35.5. The van der Waals surface area contributed by atoms with Crippen molar-refractivity contribution >= 4 is 11.6 Å². The van der Waals surface area contributed by atoms with Crippen LogP contribution in [0, 0.1) is 0 Å². The van der Waals surface area contributed by atoms with Gasteiger partial charge >= 0.3 is 0 Å². The van der Waals surface area contributed by atoms with E-state index in [4.69, 9.17) is 21.4 Å². The van der Waals surface area contributed by atoms with Gasteiger partial charge in [-0.05, 0) is 49.2 Å². The number of rotatable bonds is 8. The van der Waals surface area contributed by atoms with Crippen LogP contribution >= 0.6 is 11.6 Å². The topological polar surface area (TPSA) is 48.0 Å². The zero-order chi connectivity index (χ0) is 22.4. The molecule has 0 radical (unpaired) electrons. The molecule has 0 saturated carbocycles. The molecule has 32 heavy (non-hydrogen) atoms. The van der Waals surface area contributed by atoms with Gasteiger partial charge in [0, 0.05) is 37.7 Å². The van der Waals surface area contributed by atoms with Gasteiger partial charge in [0.05, 0.1) is 25.9 Å². The van der Waals surface area contributed by atoms with Crippen LogP contribution in [0.15, 0.2) is 54.6 Å². The number of aliphatic hydroxyl groups excluding tert-OH is 1. The van der Waals surface area contributed by atoms with Crippen LogP contribution < -0.4 is 5.32 Å². The van der Waals surface area contributed by atoms with Crippen LogP contribution in [0.5, 0.6) is 0 Å². The van der Waals surface area contributed by atoms with Gasteiger partial charge in [-0.25, -0.2) is 0 Å². The molecule has 6 heteroatoms. The third kappa shape index (κ3) is 8.47. The third-order valence-electron chi connectivity index (χ3n) is 6.07. The lowest BCUT2D eigenvalue weighted by atomic mass is 9.96. The van der Waals surface area contributed by atoms with Crippen molar-refractivity contribution in [1.82, 2.24) is 15.1 Å². The Morgan fingerprint density at radius 3 is 2.06 bits per heavy atom. The SMILES string of the molecule is C1CCNCC1.OCCOCCN1CCN(C(c2ccccc2)c2ccc(Cl)cc2)CC1. The molecule has 2 fully saturated rings. The minimum absolute atomic E-state index is 0.0909. The first-order chi connectivity index (χ1) is 15.8. The third-order valence-corrected chi connectivity index (χ3v) is 6.32. The van der Waals surface area contributed by atoms with E-state index >= 15 is 0 Å². The maximum Gasteiger partial charge on any atom is 0.0698 e. The number of piperazine rings is 1. The Morgan fingerprint density at radius 1 is 0.844 bits per heavy atom. The van der Waals surface area contributed by atoms with Gasteiger partial charge in [-0.15, -0.1) is 0 Å². The van der Waals surface area contributed by atoms with E-state index < -0.39 is 0 Å². The van der Waals surface area contributed by atoms with Crippen molar-refractivity contribution in [3.8, 4) is 0 Å². The number of hydrogen-bond acceptors (Lipinski definition) is 5. The van der Waals surface area contributed by atoms with E-state index in [1.54, 1.807) is 0 Å². The summed E-state index contributed by atoms with van der Waals surface area (Å²) < 4.78 is 5.39. The van der Waals surface area contributed by atoms with E-state index in [-0.39, 0.29) is 12.6 Å². The standard InChI is InChI=1S/C21H27ClN2O2.C5H11N/c22-20-8-6-19(7-9-20)21(18-4-2-1-3-5-18)24-12-10-23(11-13-24)14-16-26-17-15-25;1-2-4-6-5-3-1/h1-9,21,25H,10-17H2;6H,1-5H2. The molecule has 0 spiro atoms. The predicted molar refractivity (Wildman–Crippen MR) is 132 cm³/mol. The molecule has 0 amide bonds. The first kappa shape index (κ1) is 25.2. The summed E-state index contributed by atoms with van der Waals surface area (Å²) in [4.78, 5) is 4.97. The predicted octanol–water partition coefficient (Wildman–Crippen LogP) is 3.82. The Bertz CT molecular complexity index is 721. The number of hydrogen-bond donors (Lipinski definition) is 2. The van der Waals surface area contributed by atoms with Crippen LogP contribution in [0.1, 0.15) is 36.4 Å². The quantitative estimate of drug-likeness (QED) is 0.588. The molecule has 2 aliphatic heterocycles. The zero-order valence-corrected chi connectivity index (χ0v) is 19.8. The highest BCUT2D eigenvalue weighted by Gasteiger charge is 2.26. The molecule has 176 valence electrons. The fourth-order valence-corrected chi connectivity index (χ4v) is 4.43. The molecule has 2 aromatic rings. The zero-order valence-electron chi connectivity index (χ0n) is 19.1. The Kier molecular flexibility index (Phi) is 11.5. The average molecular weight is 460 g/mol. The molecule has 1 atom stereocenters. The molecule has 2 saturated heterocycles. The number of nitrogens with zero attached hydrogens (tertiary/aromatic N) is 2. The molecule has 0 aromatic heterocycles. The van der Waals surface area contributed by atoms with Gasteiger partial charge in [0.15, 0.2) is 0 Å². The summed E-state index contributed by atoms with van der Waals surface area (Å²) in [5, 5.41) is 12.8. The molecule has 2 aliphatic rings. The first-order valence-corrected chi connectivity index (χ1v) is 12.3. The molecule has 1 unspecified atom stereocenters. The second-order valence-electron chi connectivity index (χ2n) is 8.39. The van der Waals surface area contributed by atoms with Crippen LogP contribution in [0.25, 0.3) is 0 Å². The maximum atomic E-state index is 8.78. The van der Waals surface area contributed by atoms with Crippen LogP contribution in [-0.4, -0.2) is 80.5 Å². The Hall–Kier alpha value is -1.47. The number of ether oxygens (including phenoxy) is 1. The van der Waals surface area contributed by atoms with E-state index in [0.717, 1.165) is 37.7 Å². The smallest absolute Gasteiger partial charge is 0.0698 e. The lowest BCUT2D eigenvalue weighted by Crippen LogP contribution is -2.48. The van der Waals surface area contributed by atoms with Gasteiger partial charge in [-0.1, -0.05) is 60.5 Å². The lowest BCUT2D eigenvalue weighted by molar-refractivity contribution is 0.0522. The molecular weight excluding hydrogens is 422 g/mol. The minimum atomic E-state index is 0.0909. The molecule has 4 rings (SSSR count). The molecular formula is C26H38ClN3O2. The Balaban J connectivity index is 0.000000416. The summed E-state index contributed by atoms with van der Waals surface area (Å²) in [6, 6.07) is 19.1. The lowest BCUT2D eigenvalue weighted by Gasteiger charge is -2.39. The van der Waals surface area contributed by atoms with Crippen molar-refractivity contribution in [1.29, 1.82) is 0 Å². The maximum absolute atomic E-state index is 8.78. The number of nitrogens with one attached hydrogen (secondary N) is 1. The van der Waals surface area contributed by atoms with Crippen molar-refractivity contribution < 1.29 is 9.84 Å². The highest BCUT2D eigenvalue weighted by molar-refractivity contribution is 6.30. The van der Waals surface area contributed by atoms with Crippen molar-refractivity contribution in [3.05, 3.63) is 70.7 Å². The second kappa shape index (κ2) is 14.6. The summed E-state index contributed by atoms with van der Waals surface area (Å²) in [6.07, 6.45) is 4.22. The molecule has 2 aromatic carbocycles. The monoisotopic (exact) mass is 459 g/mol. The molecule has 0 aliphatic carbocycles. The second-order valence-corrected chi connectivity index (χ2v) is 8.83. The van der Waals surface area contributed by atoms with Gasteiger partial charge in [-0.2, -0.15) is 0 Å². The van der Waals surface area contributed by atoms with Crippen LogP contribution in [0.3, 0.4) is 0 Å². The van der Waals surface area contributed by atoms with E-state index in [1.165, 1.54) is 43.5 Å². The van der Waals surface area contributed by atoms with Gasteiger partial charge in [0.2, 0.25) is 0 Å². The number of piperidine rings is 1. The largest absolute Gasteiger partial charge is 0.394 e. The number of benzene rings is 2. The van der Waals surface area contributed by atoms with Crippen molar-refractivity contribution in [3.63, 3.8) is 0 Å². The fourth-order valence-electron chi connectivity index (χ4n) is 4.30. The van der Waals surface area contributed by atoms with Gasteiger partial charge < -0.3 is 15.2 Å². The summed E-state index contributed by atoms with van der Waals surface area (Å²) in [6.45, 7) is 8.70. The van der Waals surface area contributed by atoms with Crippen LogP contribution in [-0.2, 0) is 4.74 Å². The molecule has 2 heterocycles. The fraction of sp³-hybridized carbons (Fsp3) is 0.538. The summed E-state index contributed by atoms with van der Waals surface area (Å²) >= 11 is 6.09. The van der Waals surface area contributed by atoms with Crippen molar-refractivity contribution in [2.24, 2.45) is 0 Å². The van der Waals surface area contributed by atoms with E-state index in [9.17, 15) is 0 Å². The van der Waals surface area contributed by atoms with E-state index in [1.807, 2.05) is 12.1 Å². The van der Waals surface area contributed by atoms with E-state index in [2.05, 4.69) is 57.6 Å². The minimum Gasteiger partial charge on any atom is -0.394 e. The summed E-state index contributed by atoms with van der Waals surface area (Å²) in [7, 11) is 0. The Morgan fingerprint density at radius 2 is 1.50 bits per heavy atom. The normalized spacial score (nSPS) is 18.6. The van der Waals surface area contributed by atoms with Gasteiger partial charge in [0.25, 0.3) is 0 Å². The van der Waals surface area contributed by atoms with Crippen molar-refractivity contribution in [2.45, 2.75) is 25.3 Å². The van der Waals surface area contributed by atoms with E-state index in [0.29, 0.717) is 13.2 Å². The van der Waals surface area contributed by atoms with Crippen LogP contribution in [0.2, 0.25) is 5.02 Å². The first-order valence-electron chi connectivity index (χ1n) is 11.9.